The molecule has 0 bridgehead atoms. The monoisotopic (exact) mass is 275 g/mol. The summed E-state index contributed by atoms with van der Waals surface area (Å²) in [6.45, 7) is 0.200. The first kappa shape index (κ1) is 14.6. The first-order valence-electron chi connectivity index (χ1n) is 5.04. The fourth-order valence-corrected chi connectivity index (χ4v) is 1.18. The highest BCUT2D eigenvalue weighted by atomic mass is 19.4. The second kappa shape index (κ2) is 5.94. The third-order valence-electron chi connectivity index (χ3n) is 1.89. The lowest BCUT2D eigenvalue weighted by molar-refractivity contribution is -0.274. The molecular weight excluding hydrogens is 263 g/mol. The van der Waals surface area contributed by atoms with Crippen LogP contribution in [0.4, 0.5) is 13.2 Å². The quantitative estimate of drug-likeness (QED) is 0.420. The molecule has 0 aromatic heterocycles. The predicted octanol–water partition coefficient (Wildman–Crippen LogP) is 1.09. The summed E-state index contributed by atoms with van der Waals surface area (Å²) < 4.78 is 39.5. The summed E-state index contributed by atoms with van der Waals surface area (Å²) in [4.78, 5) is 0. The molecule has 0 atom stereocenters. The van der Waals surface area contributed by atoms with Gasteiger partial charge in [0.05, 0.1) is 0 Å². The van der Waals surface area contributed by atoms with E-state index in [1.807, 2.05) is 0 Å². The molecule has 0 fully saturated rings. The van der Waals surface area contributed by atoms with Crippen molar-refractivity contribution < 1.29 is 17.9 Å². The van der Waals surface area contributed by atoms with Gasteiger partial charge in [-0.1, -0.05) is 12.1 Å². The molecule has 9 heteroatoms. The molecule has 0 radical (unpaired) electrons. The minimum absolute atomic E-state index is 0.178. The Hall–Kier alpha value is -2.45. The standard InChI is InChI=1S/C10H12F3N5O/c11-10(12,13)19-7-3-1-6(2-4-7)5-17-9(16)18-8(14)15/h1-4H,5H2,(H6,14,15,16,17,18). The molecule has 0 aliphatic rings. The molecule has 104 valence electrons. The number of nitrogens with two attached hydrogens (primary N) is 1. The highest BCUT2D eigenvalue weighted by molar-refractivity contribution is 5.94. The lowest BCUT2D eigenvalue weighted by atomic mass is 10.2. The third kappa shape index (κ3) is 6.15. The molecule has 6 N–H and O–H groups in total. The van der Waals surface area contributed by atoms with Crippen molar-refractivity contribution in [3.05, 3.63) is 29.8 Å². The predicted molar refractivity (Wildman–Crippen MR) is 62.7 cm³/mol. The van der Waals surface area contributed by atoms with Gasteiger partial charge in [-0.05, 0) is 17.7 Å². The van der Waals surface area contributed by atoms with E-state index in [1.54, 1.807) is 0 Å². The Kier molecular flexibility index (Phi) is 4.56. The molecule has 0 heterocycles. The number of ether oxygens (including phenoxy) is 1. The molecule has 0 amide bonds. The summed E-state index contributed by atoms with van der Waals surface area (Å²) in [5.41, 5.74) is 5.65. The van der Waals surface area contributed by atoms with Crippen molar-refractivity contribution in [3.63, 3.8) is 0 Å². The topological polar surface area (TPSA) is 107 Å². The van der Waals surface area contributed by atoms with Crippen LogP contribution in [0.2, 0.25) is 0 Å². The largest absolute Gasteiger partial charge is 0.573 e. The Morgan fingerprint density at radius 1 is 1.21 bits per heavy atom. The molecule has 0 aliphatic carbocycles. The molecule has 0 saturated heterocycles. The van der Waals surface area contributed by atoms with Gasteiger partial charge in [-0.3, -0.25) is 16.1 Å². The van der Waals surface area contributed by atoms with E-state index in [1.165, 1.54) is 24.3 Å². The number of hydrogen-bond acceptors (Lipinski definition) is 3. The van der Waals surface area contributed by atoms with Crippen molar-refractivity contribution >= 4 is 11.9 Å². The fourth-order valence-electron chi connectivity index (χ4n) is 1.18. The average molecular weight is 275 g/mol. The van der Waals surface area contributed by atoms with E-state index in [4.69, 9.17) is 16.6 Å². The average Bonchev–Trinajstić information content (AvgIpc) is 2.25. The number of benzene rings is 1. The minimum atomic E-state index is -4.71. The van der Waals surface area contributed by atoms with Gasteiger partial charge in [-0.25, -0.2) is 0 Å². The Bertz CT molecular complexity index is 457. The van der Waals surface area contributed by atoms with Crippen LogP contribution < -0.4 is 21.1 Å². The minimum Gasteiger partial charge on any atom is -0.406 e. The Morgan fingerprint density at radius 3 is 2.26 bits per heavy atom. The number of hydrogen-bond donors (Lipinski definition) is 5. The van der Waals surface area contributed by atoms with Gasteiger partial charge >= 0.3 is 6.36 Å². The van der Waals surface area contributed by atoms with Crippen molar-refractivity contribution in [1.82, 2.24) is 10.6 Å². The zero-order valence-corrected chi connectivity index (χ0v) is 9.64. The number of alkyl halides is 3. The maximum Gasteiger partial charge on any atom is 0.573 e. The van der Waals surface area contributed by atoms with Crippen LogP contribution in [-0.2, 0) is 6.54 Å². The molecule has 1 aromatic carbocycles. The first-order chi connectivity index (χ1) is 8.76. The summed E-state index contributed by atoms with van der Waals surface area (Å²) in [5.74, 6) is -0.872. The van der Waals surface area contributed by atoms with Crippen molar-refractivity contribution in [1.29, 1.82) is 10.8 Å². The highest BCUT2D eigenvalue weighted by Gasteiger charge is 2.30. The molecule has 19 heavy (non-hydrogen) atoms. The van der Waals surface area contributed by atoms with Crippen molar-refractivity contribution in [2.45, 2.75) is 12.9 Å². The summed E-state index contributed by atoms with van der Waals surface area (Å²) in [5, 5.41) is 19.0. The van der Waals surface area contributed by atoms with E-state index in [0.29, 0.717) is 5.56 Å². The number of rotatable bonds is 3. The van der Waals surface area contributed by atoms with Gasteiger partial charge in [-0.2, -0.15) is 0 Å². The lowest BCUT2D eigenvalue weighted by Gasteiger charge is -2.11. The number of nitrogens with one attached hydrogen (secondary N) is 4. The molecule has 0 unspecified atom stereocenters. The summed E-state index contributed by atoms with van der Waals surface area (Å²) in [6.07, 6.45) is -4.71. The fraction of sp³-hybridized carbons (Fsp3) is 0.200. The van der Waals surface area contributed by atoms with Gasteiger partial charge in [0.2, 0.25) is 0 Å². The van der Waals surface area contributed by atoms with E-state index >= 15 is 0 Å². The molecule has 0 aliphatic heterocycles. The summed E-state index contributed by atoms with van der Waals surface area (Å²) in [6, 6.07) is 5.20. The zero-order chi connectivity index (χ0) is 14.5. The summed E-state index contributed by atoms with van der Waals surface area (Å²) >= 11 is 0. The van der Waals surface area contributed by atoms with Gasteiger partial charge in [-0.15, -0.1) is 13.2 Å². The summed E-state index contributed by atoms with van der Waals surface area (Å²) in [7, 11) is 0. The second-order valence-corrected chi connectivity index (χ2v) is 3.46. The van der Waals surface area contributed by atoms with Gasteiger partial charge in [0.15, 0.2) is 11.9 Å². The normalized spacial score (nSPS) is 10.7. The van der Waals surface area contributed by atoms with Crippen LogP contribution in [0.15, 0.2) is 24.3 Å². The molecule has 6 nitrogen and oxygen atoms in total. The zero-order valence-electron chi connectivity index (χ0n) is 9.64. The smallest absolute Gasteiger partial charge is 0.406 e. The Morgan fingerprint density at radius 2 is 1.79 bits per heavy atom. The van der Waals surface area contributed by atoms with Crippen LogP contribution in [0.3, 0.4) is 0 Å². The van der Waals surface area contributed by atoms with Crippen LogP contribution in [0.25, 0.3) is 0 Å². The number of halogens is 3. The first-order valence-corrected chi connectivity index (χ1v) is 5.04. The van der Waals surface area contributed by atoms with Gasteiger partial charge < -0.3 is 15.8 Å². The molecule has 1 aromatic rings. The van der Waals surface area contributed by atoms with Crippen molar-refractivity contribution in [3.8, 4) is 5.75 Å². The van der Waals surface area contributed by atoms with Crippen LogP contribution in [0.5, 0.6) is 5.75 Å². The molecule has 1 rings (SSSR count). The maximum absolute atomic E-state index is 11.9. The highest BCUT2D eigenvalue weighted by Crippen LogP contribution is 2.22. The van der Waals surface area contributed by atoms with Crippen LogP contribution >= 0.6 is 0 Å². The van der Waals surface area contributed by atoms with Crippen molar-refractivity contribution in [2.24, 2.45) is 5.73 Å². The van der Waals surface area contributed by atoms with Gasteiger partial charge in [0.1, 0.15) is 5.75 Å². The Labute approximate surface area is 106 Å². The second-order valence-electron chi connectivity index (χ2n) is 3.46. The molecular formula is C10H12F3N5O. The van der Waals surface area contributed by atoms with Gasteiger partial charge in [0, 0.05) is 6.54 Å². The number of guanidine groups is 2. The van der Waals surface area contributed by atoms with E-state index < -0.39 is 6.36 Å². The third-order valence-corrected chi connectivity index (χ3v) is 1.89. The maximum atomic E-state index is 11.9. The van der Waals surface area contributed by atoms with Crippen LogP contribution in [-0.4, -0.2) is 18.3 Å². The van der Waals surface area contributed by atoms with E-state index in [0.717, 1.165) is 0 Å². The van der Waals surface area contributed by atoms with Crippen LogP contribution in [0, 0.1) is 10.8 Å². The van der Waals surface area contributed by atoms with Crippen molar-refractivity contribution in [2.75, 3.05) is 0 Å². The SMILES string of the molecule is N=C(N)NC(=N)NCc1ccc(OC(F)(F)F)cc1. The van der Waals surface area contributed by atoms with E-state index in [9.17, 15) is 13.2 Å². The molecule has 0 spiro atoms. The Balaban J connectivity index is 2.49. The van der Waals surface area contributed by atoms with E-state index in [2.05, 4.69) is 15.4 Å². The van der Waals surface area contributed by atoms with Gasteiger partial charge in [0.25, 0.3) is 0 Å². The lowest BCUT2D eigenvalue weighted by Crippen LogP contribution is -2.42. The van der Waals surface area contributed by atoms with Crippen LogP contribution in [0.1, 0.15) is 5.56 Å². The van der Waals surface area contributed by atoms with E-state index in [-0.39, 0.29) is 24.2 Å². The molecule has 0 saturated carbocycles.